The van der Waals surface area contributed by atoms with Gasteiger partial charge in [-0.05, 0) is 12.8 Å². The second kappa shape index (κ2) is 6.86. The fraction of sp³-hybridized carbons (Fsp3) is 0.846. The van der Waals surface area contributed by atoms with Gasteiger partial charge in [-0.25, -0.2) is 0 Å². The van der Waals surface area contributed by atoms with Crippen LogP contribution in [0.1, 0.15) is 38.4 Å². The Morgan fingerprint density at radius 2 is 2.05 bits per heavy atom. The van der Waals surface area contributed by atoms with Gasteiger partial charge in [0.25, 0.3) is 0 Å². The molecule has 0 amide bonds. The molecular formula is C13H23N3O3. The van der Waals surface area contributed by atoms with E-state index < -0.39 is 0 Å². The molecule has 6 heteroatoms. The van der Waals surface area contributed by atoms with Crippen LogP contribution < -0.4 is 4.90 Å². The summed E-state index contributed by atoms with van der Waals surface area (Å²) in [4.78, 5) is 6.56. The molecule has 0 bridgehead atoms. The van der Waals surface area contributed by atoms with E-state index in [1.165, 1.54) is 0 Å². The van der Waals surface area contributed by atoms with E-state index in [2.05, 4.69) is 28.9 Å². The molecule has 0 aromatic carbocycles. The molecule has 108 valence electrons. The first-order valence-electron chi connectivity index (χ1n) is 6.89. The third-order valence-electron chi connectivity index (χ3n) is 3.30. The van der Waals surface area contributed by atoms with Crippen LogP contribution in [-0.2, 0) is 9.47 Å². The van der Waals surface area contributed by atoms with Gasteiger partial charge in [0.2, 0.25) is 0 Å². The number of piperidine rings is 1. The number of hydrogen-bond acceptors (Lipinski definition) is 6. The average molecular weight is 269 g/mol. The molecule has 0 N–H and O–H groups in total. The predicted molar refractivity (Wildman–Crippen MR) is 71.5 cm³/mol. The quantitative estimate of drug-likeness (QED) is 0.734. The van der Waals surface area contributed by atoms with Crippen LogP contribution in [-0.4, -0.2) is 49.7 Å². The fourth-order valence-electron chi connectivity index (χ4n) is 2.10. The van der Waals surface area contributed by atoms with Gasteiger partial charge in [0.1, 0.15) is 0 Å². The van der Waals surface area contributed by atoms with Crippen LogP contribution >= 0.6 is 0 Å². The predicted octanol–water partition coefficient (Wildman–Crippen LogP) is 1.82. The number of rotatable bonds is 6. The standard InChI is InChI=1S/C13H23N3O3/c1-10(2)12-14-13(19-15-12)16-6-4-11(5-7-16)18-9-8-17-3/h10-11H,4-9H2,1-3H3. The normalized spacial score (nSPS) is 17.4. The van der Waals surface area contributed by atoms with Gasteiger partial charge in [-0.1, -0.05) is 19.0 Å². The van der Waals surface area contributed by atoms with E-state index in [9.17, 15) is 0 Å². The van der Waals surface area contributed by atoms with Gasteiger partial charge in [0.05, 0.1) is 19.3 Å². The monoisotopic (exact) mass is 269 g/mol. The minimum absolute atomic E-state index is 0.299. The third-order valence-corrected chi connectivity index (χ3v) is 3.30. The van der Waals surface area contributed by atoms with Crippen molar-refractivity contribution in [2.75, 3.05) is 38.3 Å². The van der Waals surface area contributed by atoms with Crippen LogP contribution in [0.25, 0.3) is 0 Å². The van der Waals surface area contributed by atoms with Crippen molar-refractivity contribution in [3.63, 3.8) is 0 Å². The summed E-state index contributed by atoms with van der Waals surface area (Å²) < 4.78 is 16.0. The molecule has 0 radical (unpaired) electrons. The highest BCUT2D eigenvalue weighted by molar-refractivity contribution is 5.26. The number of ether oxygens (including phenoxy) is 2. The molecule has 19 heavy (non-hydrogen) atoms. The molecule has 6 nitrogen and oxygen atoms in total. The fourth-order valence-corrected chi connectivity index (χ4v) is 2.10. The van der Waals surface area contributed by atoms with Crippen molar-refractivity contribution in [1.82, 2.24) is 10.1 Å². The first-order chi connectivity index (χ1) is 9.20. The molecule has 1 fully saturated rings. The van der Waals surface area contributed by atoms with Gasteiger partial charge in [-0.2, -0.15) is 4.98 Å². The van der Waals surface area contributed by atoms with Gasteiger partial charge in [0, 0.05) is 26.1 Å². The summed E-state index contributed by atoms with van der Waals surface area (Å²) in [5.74, 6) is 1.07. The zero-order valence-corrected chi connectivity index (χ0v) is 12.0. The lowest BCUT2D eigenvalue weighted by Crippen LogP contribution is -2.37. The van der Waals surface area contributed by atoms with E-state index in [0.29, 0.717) is 31.3 Å². The van der Waals surface area contributed by atoms with Gasteiger partial charge in [-0.3, -0.25) is 0 Å². The van der Waals surface area contributed by atoms with E-state index in [1.54, 1.807) is 7.11 Å². The Labute approximate surface area is 114 Å². The topological polar surface area (TPSA) is 60.6 Å². The molecule has 2 rings (SSSR count). The molecule has 0 aliphatic carbocycles. The van der Waals surface area contributed by atoms with Crippen molar-refractivity contribution < 1.29 is 14.0 Å². The van der Waals surface area contributed by atoms with Crippen LogP contribution in [0.2, 0.25) is 0 Å². The Morgan fingerprint density at radius 1 is 1.32 bits per heavy atom. The molecule has 1 aliphatic heterocycles. The molecule has 1 aromatic heterocycles. The van der Waals surface area contributed by atoms with Crippen molar-refractivity contribution in [3.8, 4) is 0 Å². The largest absolute Gasteiger partial charge is 0.382 e. The molecule has 1 aromatic rings. The van der Waals surface area contributed by atoms with E-state index in [-0.39, 0.29) is 0 Å². The number of anilines is 1. The van der Waals surface area contributed by atoms with Crippen molar-refractivity contribution in [3.05, 3.63) is 5.82 Å². The number of aromatic nitrogens is 2. The summed E-state index contributed by atoms with van der Waals surface area (Å²) in [5.41, 5.74) is 0. The summed E-state index contributed by atoms with van der Waals surface area (Å²) in [6, 6.07) is 0.638. The maximum Gasteiger partial charge on any atom is 0.324 e. The highest BCUT2D eigenvalue weighted by atomic mass is 16.5. The first kappa shape index (κ1) is 14.3. The van der Waals surface area contributed by atoms with E-state index in [0.717, 1.165) is 31.8 Å². The molecular weight excluding hydrogens is 246 g/mol. The van der Waals surface area contributed by atoms with Crippen LogP contribution in [0.4, 0.5) is 6.01 Å². The summed E-state index contributed by atoms with van der Waals surface area (Å²) in [6.07, 6.45) is 2.30. The molecule has 0 unspecified atom stereocenters. The maximum absolute atomic E-state index is 5.73. The Balaban J connectivity index is 1.79. The Morgan fingerprint density at radius 3 is 2.63 bits per heavy atom. The van der Waals surface area contributed by atoms with Crippen LogP contribution in [0.3, 0.4) is 0 Å². The first-order valence-corrected chi connectivity index (χ1v) is 6.89. The van der Waals surface area contributed by atoms with Gasteiger partial charge in [-0.15, -0.1) is 0 Å². The number of methoxy groups -OCH3 is 1. The maximum atomic E-state index is 5.73. The van der Waals surface area contributed by atoms with Crippen LogP contribution in [0, 0.1) is 0 Å². The Kier molecular flexibility index (Phi) is 5.15. The second-order valence-electron chi connectivity index (χ2n) is 5.14. The van der Waals surface area contributed by atoms with Crippen LogP contribution in [0.5, 0.6) is 0 Å². The summed E-state index contributed by atoms with van der Waals surface area (Å²) in [7, 11) is 1.69. The average Bonchev–Trinajstić information content (AvgIpc) is 2.90. The van der Waals surface area contributed by atoms with E-state index in [1.807, 2.05) is 0 Å². The van der Waals surface area contributed by atoms with E-state index >= 15 is 0 Å². The molecule has 1 aliphatic rings. The molecule has 0 spiro atoms. The van der Waals surface area contributed by atoms with E-state index in [4.69, 9.17) is 14.0 Å². The zero-order chi connectivity index (χ0) is 13.7. The Hall–Kier alpha value is -1.14. The van der Waals surface area contributed by atoms with Crippen LogP contribution in [0.15, 0.2) is 4.52 Å². The van der Waals surface area contributed by atoms with Crippen molar-refractivity contribution >= 4 is 6.01 Å². The minimum atomic E-state index is 0.299. The van der Waals surface area contributed by atoms with Gasteiger partial charge < -0.3 is 18.9 Å². The lowest BCUT2D eigenvalue weighted by atomic mass is 10.1. The minimum Gasteiger partial charge on any atom is -0.382 e. The smallest absolute Gasteiger partial charge is 0.324 e. The van der Waals surface area contributed by atoms with Gasteiger partial charge in [0.15, 0.2) is 5.82 Å². The SMILES string of the molecule is COCCOC1CCN(c2nc(C(C)C)no2)CC1. The molecule has 0 saturated carbocycles. The third kappa shape index (κ3) is 3.91. The lowest BCUT2D eigenvalue weighted by molar-refractivity contribution is 0.00566. The highest BCUT2D eigenvalue weighted by Crippen LogP contribution is 2.21. The van der Waals surface area contributed by atoms with Crippen molar-refractivity contribution in [1.29, 1.82) is 0 Å². The number of nitrogens with zero attached hydrogens (tertiary/aromatic N) is 3. The molecule has 2 heterocycles. The highest BCUT2D eigenvalue weighted by Gasteiger charge is 2.23. The molecule has 1 saturated heterocycles. The Bertz CT molecular complexity index is 373. The number of hydrogen-bond donors (Lipinski definition) is 0. The van der Waals surface area contributed by atoms with Gasteiger partial charge >= 0.3 is 6.01 Å². The summed E-state index contributed by atoms with van der Waals surface area (Å²) >= 11 is 0. The summed E-state index contributed by atoms with van der Waals surface area (Å²) in [5, 5.41) is 4.00. The zero-order valence-electron chi connectivity index (χ0n) is 12.0. The molecule has 0 atom stereocenters. The summed E-state index contributed by atoms with van der Waals surface area (Å²) in [6.45, 7) is 7.24. The second-order valence-corrected chi connectivity index (χ2v) is 5.14. The van der Waals surface area contributed by atoms with Crippen molar-refractivity contribution in [2.24, 2.45) is 0 Å². The van der Waals surface area contributed by atoms with Crippen molar-refractivity contribution in [2.45, 2.75) is 38.7 Å². The lowest BCUT2D eigenvalue weighted by Gasteiger charge is -2.30.